The Morgan fingerprint density at radius 2 is 1.82 bits per heavy atom. The van der Waals surface area contributed by atoms with E-state index in [4.69, 9.17) is 4.74 Å². The van der Waals surface area contributed by atoms with E-state index in [-0.39, 0.29) is 18.8 Å². The summed E-state index contributed by atoms with van der Waals surface area (Å²) >= 11 is 0. The fraction of sp³-hybridized carbons (Fsp3) is 0.310. The zero-order valence-electron chi connectivity index (χ0n) is 20.8. The minimum atomic E-state index is -0.746. The summed E-state index contributed by atoms with van der Waals surface area (Å²) in [5.74, 6) is 0.0232. The molecule has 34 heavy (non-hydrogen) atoms. The number of ketones is 1. The number of nitrogens with one attached hydrogen (secondary N) is 1. The average molecular weight is 461 g/mol. The number of hydrogen-bond donors (Lipinski definition) is 1. The van der Waals surface area contributed by atoms with Crippen molar-refractivity contribution in [3.63, 3.8) is 0 Å². The first-order valence-electron chi connectivity index (χ1n) is 11.4. The summed E-state index contributed by atoms with van der Waals surface area (Å²) in [6.45, 7) is 19.6. The molecule has 5 nitrogen and oxygen atoms in total. The first-order chi connectivity index (χ1) is 16.1. The predicted octanol–water partition coefficient (Wildman–Crippen LogP) is 5.90. The zero-order chi connectivity index (χ0) is 25.3. The molecule has 1 aromatic carbocycles. The van der Waals surface area contributed by atoms with Crippen LogP contribution in [0.2, 0.25) is 0 Å². The molecule has 0 saturated heterocycles. The van der Waals surface area contributed by atoms with Crippen LogP contribution in [0, 0.1) is 20.8 Å². The lowest BCUT2D eigenvalue weighted by molar-refractivity contribution is -0.139. The Labute approximate surface area is 203 Å². The van der Waals surface area contributed by atoms with Crippen LogP contribution < -0.4 is 10.2 Å². The second kappa shape index (κ2) is 12.0. The molecule has 1 atom stereocenters. The van der Waals surface area contributed by atoms with Gasteiger partial charge in [0.2, 0.25) is 0 Å². The number of carbonyl (C=O) groups excluding carboxylic acids is 2. The van der Waals surface area contributed by atoms with Gasteiger partial charge in [-0.1, -0.05) is 55.7 Å². The fourth-order valence-corrected chi connectivity index (χ4v) is 4.03. The molecular weight excluding hydrogens is 424 g/mol. The third-order valence-corrected chi connectivity index (χ3v) is 5.65. The van der Waals surface area contributed by atoms with E-state index < -0.39 is 11.5 Å². The van der Waals surface area contributed by atoms with Crippen LogP contribution in [0.5, 0.6) is 0 Å². The van der Waals surface area contributed by atoms with E-state index in [2.05, 4.69) is 81.1 Å². The quantitative estimate of drug-likeness (QED) is 0.311. The Kier molecular flexibility index (Phi) is 9.43. The number of esters is 1. The maximum Gasteiger partial charge on any atom is 0.330 e. The van der Waals surface area contributed by atoms with Crippen LogP contribution in [0.15, 0.2) is 85.9 Å². The van der Waals surface area contributed by atoms with Crippen molar-refractivity contribution >= 4 is 17.4 Å². The summed E-state index contributed by atoms with van der Waals surface area (Å²) in [4.78, 5) is 25.8. The van der Waals surface area contributed by atoms with E-state index in [1.165, 1.54) is 11.6 Å². The summed E-state index contributed by atoms with van der Waals surface area (Å²) in [7, 11) is 0. The number of ether oxygens (including phenoxy) is 1. The Hall–Kier alpha value is -3.60. The van der Waals surface area contributed by atoms with Crippen molar-refractivity contribution < 1.29 is 14.3 Å². The van der Waals surface area contributed by atoms with E-state index in [1.807, 2.05) is 19.1 Å². The minimum absolute atomic E-state index is 0.0514. The number of aryl methyl sites for hydroxylation is 3. The third-order valence-electron chi connectivity index (χ3n) is 5.65. The number of rotatable bonds is 12. The van der Waals surface area contributed by atoms with Gasteiger partial charge in [-0.05, 0) is 69.9 Å². The normalized spacial score (nSPS) is 14.3. The number of anilines is 1. The van der Waals surface area contributed by atoms with Crippen LogP contribution in [0.3, 0.4) is 0 Å². The minimum Gasteiger partial charge on any atom is -0.460 e. The van der Waals surface area contributed by atoms with Crippen molar-refractivity contribution in [1.82, 2.24) is 5.32 Å². The van der Waals surface area contributed by atoms with Gasteiger partial charge in [-0.2, -0.15) is 0 Å². The van der Waals surface area contributed by atoms with Crippen molar-refractivity contribution in [3.05, 3.63) is 103 Å². The smallest absolute Gasteiger partial charge is 0.330 e. The lowest BCUT2D eigenvalue weighted by Gasteiger charge is -2.38. The van der Waals surface area contributed by atoms with Gasteiger partial charge >= 0.3 is 5.97 Å². The molecule has 1 unspecified atom stereocenters. The third kappa shape index (κ3) is 7.20. The number of allylic oxidation sites excluding steroid dienone is 6. The van der Waals surface area contributed by atoms with Crippen LogP contribution in [0.4, 0.5) is 5.69 Å². The fourth-order valence-electron chi connectivity index (χ4n) is 4.03. The molecule has 0 amide bonds. The van der Waals surface area contributed by atoms with E-state index in [1.54, 1.807) is 0 Å². The van der Waals surface area contributed by atoms with Gasteiger partial charge in [0.25, 0.3) is 0 Å². The first-order valence-corrected chi connectivity index (χ1v) is 11.4. The van der Waals surface area contributed by atoms with Crippen LogP contribution in [0.25, 0.3) is 0 Å². The van der Waals surface area contributed by atoms with Crippen molar-refractivity contribution in [1.29, 1.82) is 0 Å². The van der Waals surface area contributed by atoms with Gasteiger partial charge in [-0.3, -0.25) is 9.69 Å². The Morgan fingerprint density at radius 1 is 1.15 bits per heavy atom. The second-order valence-electron chi connectivity index (χ2n) is 8.86. The van der Waals surface area contributed by atoms with Crippen LogP contribution in [-0.2, 0) is 14.3 Å². The van der Waals surface area contributed by atoms with Gasteiger partial charge in [0.1, 0.15) is 12.4 Å². The second-order valence-corrected chi connectivity index (χ2v) is 8.86. The summed E-state index contributed by atoms with van der Waals surface area (Å²) < 4.78 is 5.38. The van der Waals surface area contributed by atoms with Gasteiger partial charge in [0, 0.05) is 18.2 Å². The predicted molar refractivity (Wildman–Crippen MR) is 140 cm³/mol. The molecule has 180 valence electrons. The highest BCUT2D eigenvalue weighted by molar-refractivity contribution is 5.89. The number of carbonyl (C=O) groups is 2. The van der Waals surface area contributed by atoms with E-state index in [9.17, 15) is 9.59 Å². The molecule has 1 N–H and O–H groups in total. The highest BCUT2D eigenvalue weighted by Gasteiger charge is 2.30. The molecule has 1 aliphatic rings. The molecule has 0 saturated carbocycles. The summed E-state index contributed by atoms with van der Waals surface area (Å²) in [6.07, 6.45) is 14.3. The maximum absolute atomic E-state index is 12.0. The van der Waals surface area contributed by atoms with E-state index in [0.717, 1.165) is 35.0 Å². The Bertz CT molecular complexity index is 1010. The monoisotopic (exact) mass is 460 g/mol. The van der Waals surface area contributed by atoms with Crippen molar-refractivity contribution in [2.24, 2.45) is 0 Å². The van der Waals surface area contributed by atoms with Gasteiger partial charge in [-0.25, -0.2) is 4.79 Å². The molecule has 1 aromatic rings. The number of hydrogen-bond acceptors (Lipinski definition) is 5. The molecule has 0 aromatic heterocycles. The van der Waals surface area contributed by atoms with Crippen molar-refractivity contribution in [3.8, 4) is 0 Å². The molecule has 0 spiro atoms. The van der Waals surface area contributed by atoms with Gasteiger partial charge in [0.05, 0.1) is 11.2 Å². The van der Waals surface area contributed by atoms with E-state index in [0.29, 0.717) is 12.2 Å². The molecule has 0 aliphatic heterocycles. The largest absolute Gasteiger partial charge is 0.460 e. The van der Waals surface area contributed by atoms with Crippen molar-refractivity contribution in [2.75, 3.05) is 11.5 Å². The molecule has 0 radical (unpaired) electrons. The van der Waals surface area contributed by atoms with Crippen LogP contribution >= 0.6 is 0 Å². The molecule has 0 heterocycles. The van der Waals surface area contributed by atoms with Gasteiger partial charge < -0.3 is 10.1 Å². The number of nitrogens with zero attached hydrogens (tertiary/aromatic N) is 1. The molecule has 0 fully saturated rings. The lowest BCUT2D eigenvalue weighted by atomic mass is 9.95. The average Bonchev–Trinajstić information content (AvgIpc) is 3.07. The van der Waals surface area contributed by atoms with Crippen LogP contribution in [-0.4, -0.2) is 23.9 Å². The molecule has 0 bridgehead atoms. The molecule has 1 aliphatic carbocycles. The summed E-state index contributed by atoms with van der Waals surface area (Å²) in [5, 5.41) is 3.47. The highest BCUT2D eigenvalue weighted by atomic mass is 16.5. The first kappa shape index (κ1) is 26.7. The SMILES string of the molecule is C=CC(=O)CCC(C)(COC(=O)C=C)NC(=C)N(C1=CC=CCC=C1)c1c(C)cc(C)cc1C. The standard InChI is InChI=1S/C29H36N2O3/c1-8-26(32)16-17-29(7,20-34-27(33)9-2)30-24(6)31(25-14-12-10-11-13-15-25)28-22(4)18-21(3)19-23(28)5/h8-10,12-15,18-19,30H,1-2,6,11,16-17,20H2,3-5,7H3. The van der Waals surface area contributed by atoms with Gasteiger partial charge in [0.15, 0.2) is 5.78 Å². The highest BCUT2D eigenvalue weighted by Crippen LogP contribution is 2.33. The molecule has 5 heteroatoms. The maximum atomic E-state index is 12.0. The molecular formula is C29H36N2O3. The lowest BCUT2D eigenvalue weighted by Crippen LogP contribution is -2.50. The molecule has 2 rings (SSSR count). The van der Waals surface area contributed by atoms with Gasteiger partial charge in [-0.15, -0.1) is 0 Å². The summed E-state index contributed by atoms with van der Waals surface area (Å²) in [5.41, 5.74) is 4.65. The Balaban J connectivity index is 2.48. The van der Waals surface area contributed by atoms with Crippen molar-refractivity contribution in [2.45, 2.75) is 52.5 Å². The number of benzene rings is 1. The Morgan fingerprint density at radius 3 is 2.44 bits per heavy atom. The van der Waals surface area contributed by atoms with E-state index >= 15 is 0 Å². The summed E-state index contributed by atoms with van der Waals surface area (Å²) in [6, 6.07) is 4.29. The van der Waals surface area contributed by atoms with Crippen LogP contribution in [0.1, 0.15) is 42.9 Å². The topological polar surface area (TPSA) is 58.6 Å². The zero-order valence-corrected chi connectivity index (χ0v) is 20.8.